The summed E-state index contributed by atoms with van der Waals surface area (Å²) in [5.74, 6) is -9.85. The van der Waals surface area contributed by atoms with Gasteiger partial charge in [-0.2, -0.15) is 0 Å². The topological polar surface area (TPSA) is 391 Å². The number of aldehydes is 1. The predicted molar refractivity (Wildman–Crippen MR) is 314 cm³/mol. The summed E-state index contributed by atoms with van der Waals surface area (Å²) >= 11 is 0. The number of aliphatic carboxylic acids is 3. The Hall–Kier alpha value is -7.85. The summed E-state index contributed by atoms with van der Waals surface area (Å²) in [6.07, 6.45) is -8.26. The highest BCUT2D eigenvalue weighted by molar-refractivity contribution is 5.95. The van der Waals surface area contributed by atoms with Crippen molar-refractivity contribution in [3.8, 4) is 0 Å². The third-order valence-corrected chi connectivity index (χ3v) is 17.9. The van der Waals surface area contributed by atoms with Crippen molar-refractivity contribution >= 4 is 65.9 Å². The molecule has 1 heterocycles. The first-order chi connectivity index (χ1) is 42.1. The molecule has 0 aromatic heterocycles. The fraction of sp³-hybridized carbons (Fsp3) is 0.603. The van der Waals surface area contributed by atoms with E-state index in [9.17, 15) is 63.3 Å². The lowest BCUT2D eigenvalue weighted by molar-refractivity contribution is -0.367. The summed E-state index contributed by atoms with van der Waals surface area (Å²) in [6.45, 7) is 12.8. The molecule has 3 aliphatic carbocycles. The van der Waals surface area contributed by atoms with E-state index in [-0.39, 0.29) is 61.8 Å². The lowest BCUT2D eigenvalue weighted by Gasteiger charge is -2.71. The molecule has 90 heavy (non-hydrogen) atoms. The summed E-state index contributed by atoms with van der Waals surface area (Å²) in [5.41, 5.74) is -12.8. The molecular formula is C63H84N4O23. The first-order valence-corrected chi connectivity index (χ1v) is 29.6. The molecule has 4 aliphatic rings. The van der Waals surface area contributed by atoms with Gasteiger partial charge in [0, 0.05) is 58.8 Å². The van der Waals surface area contributed by atoms with Gasteiger partial charge in [-0.25, -0.2) is 24.0 Å². The number of carbonyl (C=O) groups is 11. The van der Waals surface area contributed by atoms with Crippen LogP contribution in [0.5, 0.6) is 0 Å². The van der Waals surface area contributed by atoms with Crippen molar-refractivity contribution in [2.75, 3.05) is 34.0 Å². The monoisotopic (exact) mass is 1260 g/mol. The predicted octanol–water partition coefficient (Wildman–Crippen LogP) is 4.69. The van der Waals surface area contributed by atoms with E-state index in [2.05, 4.69) is 16.0 Å². The Labute approximate surface area is 520 Å². The average molecular weight is 1270 g/mol. The molecule has 6 rings (SSSR count). The minimum absolute atomic E-state index is 0.0337. The second kappa shape index (κ2) is 28.5. The number of carboxylic acid groups (broad SMARTS) is 3. The van der Waals surface area contributed by atoms with E-state index in [4.69, 9.17) is 43.0 Å². The van der Waals surface area contributed by atoms with Gasteiger partial charge >= 0.3 is 47.9 Å². The number of Topliss-reactive ketones (excluding diaryl/α,β-unsaturated/α-hetero) is 1. The van der Waals surface area contributed by atoms with Gasteiger partial charge in [0.1, 0.15) is 47.1 Å². The number of methoxy groups -OCH3 is 2. The Bertz CT molecular complexity index is 3060. The van der Waals surface area contributed by atoms with Crippen LogP contribution in [0.3, 0.4) is 0 Å². The highest BCUT2D eigenvalue weighted by atomic mass is 16.6. The van der Waals surface area contributed by atoms with Gasteiger partial charge in [0.2, 0.25) is 11.5 Å². The minimum atomic E-state index is -2.56. The number of carboxylic acids is 3. The van der Waals surface area contributed by atoms with Crippen molar-refractivity contribution in [1.82, 2.24) is 21.3 Å². The third kappa shape index (κ3) is 14.8. The number of carbonyl (C=O) groups excluding carboxylic acids is 8. The fourth-order valence-corrected chi connectivity index (χ4v) is 13.6. The van der Waals surface area contributed by atoms with Gasteiger partial charge in [-0.3, -0.25) is 28.8 Å². The summed E-state index contributed by atoms with van der Waals surface area (Å²) < 4.78 is 50.3. The molecule has 13 atom stereocenters. The molecule has 0 unspecified atom stereocenters. The van der Waals surface area contributed by atoms with Crippen LogP contribution < -0.4 is 21.3 Å². The van der Waals surface area contributed by atoms with E-state index in [1.165, 1.54) is 52.3 Å². The quantitative estimate of drug-likeness (QED) is 0.0188. The van der Waals surface area contributed by atoms with Crippen LogP contribution in [-0.4, -0.2) is 185 Å². The zero-order chi connectivity index (χ0) is 67.0. The Balaban J connectivity index is 1.35. The Morgan fingerprint density at radius 3 is 1.93 bits per heavy atom. The summed E-state index contributed by atoms with van der Waals surface area (Å²) in [6, 6.07) is 9.94. The number of hydrogen-bond donors (Lipinski definition) is 8. The lowest BCUT2D eigenvalue weighted by atomic mass is 9.41. The summed E-state index contributed by atoms with van der Waals surface area (Å²) in [7, 11) is 2.71. The molecule has 3 fully saturated rings. The molecule has 0 spiro atoms. The van der Waals surface area contributed by atoms with E-state index in [0.29, 0.717) is 5.57 Å². The third-order valence-electron chi connectivity index (χ3n) is 17.9. The van der Waals surface area contributed by atoms with Crippen LogP contribution in [0.4, 0.5) is 9.59 Å². The van der Waals surface area contributed by atoms with Gasteiger partial charge in [0.05, 0.1) is 48.7 Å². The average Bonchev–Trinajstić information content (AvgIpc) is 0.659. The number of alkyl carbamates (subject to hydrolysis) is 1. The maximum Gasteiger partial charge on any atom is 0.408 e. The van der Waals surface area contributed by atoms with Gasteiger partial charge < -0.3 is 79.6 Å². The van der Waals surface area contributed by atoms with Gasteiger partial charge in [-0.05, 0) is 96.1 Å². The van der Waals surface area contributed by atoms with Crippen LogP contribution in [0.15, 0.2) is 71.8 Å². The molecule has 27 nitrogen and oxygen atoms in total. The molecule has 1 saturated heterocycles. The van der Waals surface area contributed by atoms with Crippen molar-refractivity contribution < 1.29 is 111 Å². The number of esters is 3. The van der Waals surface area contributed by atoms with Crippen LogP contribution >= 0.6 is 0 Å². The first-order valence-electron chi connectivity index (χ1n) is 29.6. The van der Waals surface area contributed by atoms with Crippen LogP contribution in [0, 0.1) is 16.7 Å². The molecule has 8 N–H and O–H groups in total. The maximum absolute atomic E-state index is 16.1. The number of benzene rings is 2. The number of ketones is 1. The maximum atomic E-state index is 16.1. The number of rotatable bonds is 28. The number of unbranched alkanes of at least 4 members (excludes halogenated alkanes) is 1. The number of amides is 4. The van der Waals surface area contributed by atoms with Crippen molar-refractivity contribution in [1.29, 1.82) is 0 Å². The molecule has 0 radical (unpaired) electrons. The Morgan fingerprint density at radius 2 is 1.40 bits per heavy atom. The zero-order valence-corrected chi connectivity index (χ0v) is 52.5. The highest BCUT2D eigenvalue weighted by Gasteiger charge is 2.82. The second-order valence-electron chi connectivity index (χ2n) is 25.2. The van der Waals surface area contributed by atoms with Crippen LogP contribution in [-0.2, 0) is 76.3 Å². The molecular weight excluding hydrogens is 1180 g/mol. The first kappa shape index (κ1) is 71.2. The summed E-state index contributed by atoms with van der Waals surface area (Å²) in [4.78, 5) is 147. The van der Waals surface area contributed by atoms with Crippen molar-refractivity contribution in [3.63, 3.8) is 0 Å². The minimum Gasteiger partial charge on any atom is -0.481 e. The Kier molecular flexibility index (Phi) is 22.6. The zero-order valence-electron chi connectivity index (χ0n) is 52.5. The number of hydrogen-bond acceptors (Lipinski definition) is 20. The number of fused-ring (bicyclic) bond motifs is 5. The Morgan fingerprint density at radius 1 is 0.789 bits per heavy atom. The number of urea groups is 1. The smallest absolute Gasteiger partial charge is 0.408 e. The van der Waals surface area contributed by atoms with Gasteiger partial charge in [0.15, 0.2) is 17.7 Å². The van der Waals surface area contributed by atoms with E-state index in [1.807, 2.05) is 5.32 Å². The molecule has 494 valence electrons. The molecule has 1 aliphatic heterocycles. The normalized spacial score (nSPS) is 27.5. The lowest BCUT2D eigenvalue weighted by Crippen LogP contribution is -2.85. The van der Waals surface area contributed by atoms with Crippen molar-refractivity contribution in [3.05, 3.63) is 82.9 Å². The van der Waals surface area contributed by atoms with Crippen LogP contribution in [0.25, 0.3) is 0 Å². The van der Waals surface area contributed by atoms with E-state index in [1.54, 1.807) is 84.9 Å². The molecule has 4 amide bonds. The summed E-state index contributed by atoms with van der Waals surface area (Å²) in [5, 5.41) is 51.9. The van der Waals surface area contributed by atoms with Crippen molar-refractivity contribution in [2.24, 2.45) is 16.7 Å². The fourth-order valence-electron chi connectivity index (χ4n) is 13.6. The van der Waals surface area contributed by atoms with Crippen molar-refractivity contribution in [2.45, 2.75) is 191 Å². The molecule has 2 aromatic rings. The van der Waals surface area contributed by atoms with E-state index < -0.39 is 186 Å². The number of aliphatic hydroxyl groups is 1. The van der Waals surface area contributed by atoms with E-state index in [0.717, 1.165) is 0 Å². The molecule has 27 heteroatoms. The second-order valence-corrected chi connectivity index (χ2v) is 25.2. The molecule has 2 aromatic carbocycles. The molecule has 2 bridgehead atoms. The number of nitrogens with one attached hydrogen (secondary N) is 4. The largest absolute Gasteiger partial charge is 0.481 e. The molecule has 2 saturated carbocycles. The van der Waals surface area contributed by atoms with Gasteiger partial charge in [-0.1, -0.05) is 62.4 Å². The van der Waals surface area contributed by atoms with Crippen LogP contribution in [0.2, 0.25) is 0 Å². The van der Waals surface area contributed by atoms with Crippen LogP contribution in [0.1, 0.15) is 142 Å². The number of ether oxygens (including phenoxy) is 8. The van der Waals surface area contributed by atoms with Gasteiger partial charge in [-0.15, -0.1) is 0 Å². The SMILES string of the molecule is CO[C@H]1C(=O)[C@]2(C)[C@@H](OC)C[C@H]3OC[C@@]3(OC(C)=O)[C@H]2[C@@](C)(OC(=O)c2ccccc2)[C@]2(O)C[C@H](OC[C@@](C=O)(OC(=O)CCC(=O)NCCCC[C@H](NC(=O)N[C@@H](CCC(=O)O)C(=O)O)C(=O)O)[C@@H](NC(=O)OC(C)(C)C)c3ccccc3)C(C)=C1C2(C)C. The highest BCUT2D eigenvalue weighted by Crippen LogP contribution is 2.68. The van der Waals surface area contributed by atoms with E-state index >= 15 is 4.79 Å². The van der Waals surface area contributed by atoms with Gasteiger partial charge in [0.25, 0.3) is 0 Å². The standard InChI is InChI=1S/C63H84N4O23/c1-35-41(31-63(82)58(6,7)47(35)48(84-11)50(74)59(8)42(83-10)30-43-62(34-86-43,87-36(2)69)54(59)60(63,9)89-53(79)38-22-16-13-17-23-38)85-33-61(32-68,49(37-20-14-12-15-21-37)67-56(81)90-57(3,4)5)88-46(73)28-26-44(70)64-29-19-18-24-39(51(75)76)65-55(80)66-40(52(77)78)25-27-45(71)72/h12-17,20-23,32,39-43,48-49,54,82H,18-19,24-31,33-34H2,1-11H3,(H,64,70)(H,67,81)(H,71,72)(H,75,76)(H,77,78)(H2,65,66,80)/t39-,40-,41-,42-,43+,48+,49-,54+,59-,60+,61+,62-,63-/m0/s1.